The van der Waals surface area contributed by atoms with Crippen molar-refractivity contribution in [2.75, 3.05) is 20.3 Å². The Morgan fingerprint density at radius 2 is 2.53 bits per heavy atom. The molecule has 3 rings (SSSR count). The van der Waals surface area contributed by atoms with E-state index in [0.717, 1.165) is 13.0 Å². The fourth-order valence-corrected chi connectivity index (χ4v) is 3.17. The van der Waals surface area contributed by atoms with E-state index in [9.17, 15) is 4.79 Å². The lowest BCUT2D eigenvalue weighted by Crippen LogP contribution is -2.62. The topological polar surface area (TPSA) is 60.5 Å². The number of pyridine rings is 1. The molecule has 0 aromatic carbocycles. The number of fused-ring (bicyclic) bond motifs is 1. The highest BCUT2D eigenvalue weighted by molar-refractivity contribution is 5.94. The van der Waals surface area contributed by atoms with Crippen LogP contribution >= 0.6 is 0 Å². The molecule has 5 heteroatoms. The number of nitrogens with one attached hydrogen (secondary N) is 1. The molecule has 5 nitrogen and oxygen atoms in total. The monoisotopic (exact) mass is 262 g/mol. The Bertz CT molecular complexity index is 451. The molecule has 1 aliphatic carbocycles. The van der Waals surface area contributed by atoms with Gasteiger partial charge in [0.2, 0.25) is 0 Å². The molecule has 2 aliphatic rings. The first-order chi connectivity index (χ1) is 9.31. The summed E-state index contributed by atoms with van der Waals surface area (Å²) >= 11 is 0. The second-order valence-corrected chi connectivity index (χ2v) is 5.15. The van der Waals surface area contributed by atoms with E-state index in [1.54, 1.807) is 31.6 Å². The van der Waals surface area contributed by atoms with E-state index in [-0.39, 0.29) is 24.0 Å². The van der Waals surface area contributed by atoms with E-state index in [4.69, 9.17) is 9.47 Å². The Kier molecular flexibility index (Phi) is 3.48. The molecule has 1 aromatic heterocycles. The summed E-state index contributed by atoms with van der Waals surface area (Å²) in [6, 6.07) is 3.69. The third-order valence-electron chi connectivity index (χ3n) is 4.11. The van der Waals surface area contributed by atoms with Gasteiger partial charge in [0, 0.05) is 44.0 Å². The molecule has 1 saturated heterocycles. The van der Waals surface area contributed by atoms with Gasteiger partial charge in [0.05, 0.1) is 18.3 Å². The minimum atomic E-state index is -0.0652. The quantitative estimate of drug-likeness (QED) is 0.874. The van der Waals surface area contributed by atoms with Crippen LogP contribution in [0.3, 0.4) is 0 Å². The van der Waals surface area contributed by atoms with E-state index >= 15 is 0 Å². The fraction of sp³-hybridized carbons (Fsp3) is 0.571. The van der Waals surface area contributed by atoms with Gasteiger partial charge in [-0.25, -0.2) is 0 Å². The van der Waals surface area contributed by atoms with E-state index in [0.29, 0.717) is 18.1 Å². The van der Waals surface area contributed by atoms with Crippen LogP contribution in [0, 0.1) is 11.8 Å². The van der Waals surface area contributed by atoms with Gasteiger partial charge < -0.3 is 14.8 Å². The van der Waals surface area contributed by atoms with Crippen molar-refractivity contribution in [2.24, 2.45) is 11.8 Å². The van der Waals surface area contributed by atoms with Crippen LogP contribution in [0.2, 0.25) is 0 Å². The maximum atomic E-state index is 12.2. The number of aromatic nitrogens is 1. The third kappa shape index (κ3) is 2.24. The first-order valence-corrected chi connectivity index (χ1v) is 6.62. The van der Waals surface area contributed by atoms with Gasteiger partial charge in [-0.3, -0.25) is 9.78 Å². The third-order valence-corrected chi connectivity index (χ3v) is 4.11. The first-order valence-electron chi connectivity index (χ1n) is 6.62. The smallest absolute Gasteiger partial charge is 0.253 e. The van der Waals surface area contributed by atoms with Crippen LogP contribution in [0.1, 0.15) is 16.8 Å². The van der Waals surface area contributed by atoms with Gasteiger partial charge in [0.25, 0.3) is 5.91 Å². The average molecular weight is 262 g/mol. The molecule has 0 radical (unpaired) electrons. The standard InChI is InChI=1S/C14H18N2O3/c1-18-8-11-12(10-4-6-19-13(10)11)16-14(17)9-3-2-5-15-7-9/h2-3,5,7,10-13H,4,6,8H2,1H3,(H,16,17)/t10-,11+,12+,13-/m0/s1. The minimum absolute atomic E-state index is 0.0652. The van der Waals surface area contributed by atoms with Crippen molar-refractivity contribution in [2.45, 2.75) is 18.6 Å². The summed E-state index contributed by atoms with van der Waals surface area (Å²) in [5.41, 5.74) is 0.598. The van der Waals surface area contributed by atoms with Crippen LogP contribution in [0.15, 0.2) is 24.5 Å². The highest BCUT2D eigenvalue weighted by atomic mass is 16.5. The van der Waals surface area contributed by atoms with Gasteiger partial charge in [0.15, 0.2) is 0 Å². The summed E-state index contributed by atoms with van der Waals surface area (Å²) in [4.78, 5) is 16.1. The van der Waals surface area contributed by atoms with Gasteiger partial charge in [-0.2, -0.15) is 0 Å². The second-order valence-electron chi connectivity index (χ2n) is 5.15. The number of nitrogens with zero attached hydrogens (tertiary/aromatic N) is 1. The maximum Gasteiger partial charge on any atom is 0.253 e. The number of rotatable bonds is 4. The van der Waals surface area contributed by atoms with Crippen molar-refractivity contribution in [3.63, 3.8) is 0 Å². The van der Waals surface area contributed by atoms with Crippen LogP contribution in [0.5, 0.6) is 0 Å². The van der Waals surface area contributed by atoms with Crippen molar-refractivity contribution in [3.8, 4) is 0 Å². The second kappa shape index (κ2) is 5.27. The molecule has 0 bridgehead atoms. The SMILES string of the molecule is COC[C@@H]1[C@H](NC(=O)c2cccnc2)[C@@H]2CCO[C@H]12. The Morgan fingerprint density at radius 3 is 3.26 bits per heavy atom. The van der Waals surface area contributed by atoms with Crippen molar-refractivity contribution < 1.29 is 14.3 Å². The summed E-state index contributed by atoms with van der Waals surface area (Å²) in [5.74, 6) is 0.628. The van der Waals surface area contributed by atoms with Gasteiger partial charge in [-0.15, -0.1) is 0 Å². The summed E-state index contributed by atoms with van der Waals surface area (Å²) in [5, 5.41) is 3.10. The maximum absolute atomic E-state index is 12.2. The van der Waals surface area contributed by atoms with Crippen molar-refractivity contribution in [1.82, 2.24) is 10.3 Å². The molecule has 102 valence electrons. The highest BCUT2D eigenvalue weighted by Gasteiger charge is 2.54. The molecule has 1 saturated carbocycles. The predicted molar refractivity (Wildman–Crippen MR) is 68.7 cm³/mol. The molecule has 1 amide bonds. The Hall–Kier alpha value is -1.46. The van der Waals surface area contributed by atoms with Gasteiger partial charge in [-0.1, -0.05) is 0 Å². The lowest BCUT2D eigenvalue weighted by atomic mass is 9.67. The van der Waals surface area contributed by atoms with E-state index in [1.165, 1.54) is 0 Å². The molecular weight excluding hydrogens is 244 g/mol. The van der Waals surface area contributed by atoms with Crippen molar-refractivity contribution in [3.05, 3.63) is 30.1 Å². The highest BCUT2D eigenvalue weighted by Crippen LogP contribution is 2.43. The summed E-state index contributed by atoms with van der Waals surface area (Å²) < 4.78 is 10.9. The van der Waals surface area contributed by atoms with Crippen LogP contribution < -0.4 is 5.32 Å². The van der Waals surface area contributed by atoms with E-state index in [1.807, 2.05) is 0 Å². The largest absolute Gasteiger partial charge is 0.384 e. The van der Waals surface area contributed by atoms with Crippen molar-refractivity contribution >= 4 is 5.91 Å². The normalized spacial score (nSPS) is 32.5. The molecular formula is C14H18N2O3. The molecule has 19 heavy (non-hydrogen) atoms. The number of ether oxygens (including phenoxy) is 2. The summed E-state index contributed by atoms with van der Waals surface area (Å²) in [7, 11) is 1.68. The first kappa shape index (κ1) is 12.6. The van der Waals surface area contributed by atoms with Gasteiger partial charge in [0.1, 0.15) is 0 Å². The molecule has 4 atom stereocenters. The number of amides is 1. The molecule has 1 aliphatic heterocycles. The lowest BCUT2D eigenvalue weighted by molar-refractivity contribution is -0.0809. The number of hydrogen-bond acceptors (Lipinski definition) is 4. The summed E-state index contributed by atoms with van der Waals surface area (Å²) in [6.45, 7) is 1.41. The Labute approximate surface area is 112 Å². The summed E-state index contributed by atoms with van der Waals surface area (Å²) in [6.07, 6.45) is 4.51. The lowest BCUT2D eigenvalue weighted by Gasteiger charge is -2.47. The number of methoxy groups -OCH3 is 1. The molecule has 2 fully saturated rings. The van der Waals surface area contributed by atoms with Crippen LogP contribution in [-0.4, -0.2) is 43.4 Å². The van der Waals surface area contributed by atoms with Crippen molar-refractivity contribution in [1.29, 1.82) is 0 Å². The van der Waals surface area contributed by atoms with E-state index in [2.05, 4.69) is 10.3 Å². The Balaban J connectivity index is 1.67. The number of carbonyl (C=O) groups is 1. The Morgan fingerprint density at radius 1 is 1.63 bits per heavy atom. The molecule has 2 heterocycles. The van der Waals surface area contributed by atoms with E-state index < -0.39 is 0 Å². The molecule has 0 spiro atoms. The van der Waals surface area contributed by atoms with Crippen LogP contribution in [0.4, 0.5) is 0 Å². The molecule has 1 aromatic rings. The number of carbonyl (C=O) groups excluding carboxylic acids is 1. The van der Waals surface area contributed by atoms with Crippen LogP contribution in [-0.2, 0) is 9.47 Å². The van der Waals surface area contributed by atoms with Gasteiger partial charge >= 0.3 is 0 Å². The van der Waals surface area contributed by atoms with Gasteiger partial charge in [-0.05, 0) is 18.6 Å². The number of hydrogen-bond donors (Lipinski definition) is 1. The molecule has 1 N–H and O–H groups in total. The molecule has 0 unspecified atom stereocenters. The fourth-order valence-electron chi connectivity index (χ4n) is 3.17. The zero-order valence-corrected chi connectivity index (χ0v) is 10.9. The average Bonchev–Trinajstić information content (AvgIpc) is 2.87. The zero-order chi connectivity index (χ0) is 13.2. The minimum Gasteiger partial charge on any atom is -0.384 e. The van der Waals surface area contributed by atoms with Crippen LogP contribution in [0.25, 0.3) is 0 Å². The predicted octanol–water partition coefficient (Wildman–Crippen LogP) is 0.861. The zero-order valence-electron chi connectivity index (χ0n) is 10.9.